The Morgan fingerprint density at radius 1 is 1.91 bits per heavy atom. The molecule has 0 fully saturated rings. The topological polar surface area (TPSA) is 46.5 Å². The minimum atomic E-state index is -0.684. The van der Waals surface area contributed by atoms with Gasteiger partial charge < -0.3 is 9.84 Å². The summed E-state index contributed by atoms with van der Waals surface area (Å²) in [6.45, 7) is 3.32. The Hall–Kier alpha value is -1.05. The minimum Gasteiger partial charge on any atom is -0.469 e. The van der Waals surface area contributed by atoms with Crippen LogP contribution < -0.4 is 0 Å². The third-order valence-corrected chi connectivity index (χ3v) is 1.16. The van der Waals surface area contributed by atoms with Crippen LogP contribution in [0.1, 0.15) is 12.8 Å². The molecule has 3 nitrogen and oxygen atoms in total. The normalized spacial score (nSPS) is 11.5. The van der Waals surface area contributed by atoms with Gasteiger partial charge in [0.1, 0.15) is 0 Å². The first-order valence-electron chi connectivity index (χ1n) is 3.30. The number of hydrogen-bond donors (Lipinski definition) is 1. The van der Waals surface area contributed by atoms with E-state index >= 15 is 0 Å². The van der Waals surface area contributed by atoms with E-state index in [0.717, 1.165) is 0 Å². The monoisotopic (exact) mass is 156 g/mol. The maximum absolute atomic E-state index is 10.6. The number of hydrogen-bond acceptors (Lipinski definition) is 3. The lowest BCUT2D eigenvalue weighted by molar-refractivity contribution is -0.142. The van der Waals surface area contributed by atoms with Crippen molar-refractivity contribution in [3.63, 3.8) is 0 Å². The summed E-state index contributed by atoms with van der Waals surface area (Å²) in [6, 6.07) is 0. The Bertz CT molecular complexity index is 168. The highest BCUT2D eigenvalue weighted by molar-refractivity contribution is 5.69. The molecule has 0 aromatic carbocycles. The van der Waals surface area contributed by atoms with Crippen LogP contribution in [0.15, 0.2) is 18.4 Å². The van der Waals surface area contributed by atoms with Gasteiger partial charge in [0.25, 0.3) is 0 Å². The van der Waals surface area contributed by atoms with Crippen molar-refractivity contribution in [1.29, 1.82) is 0 Å². The molecule has 0 aliphatic rings. The molecule has 0 aliphatic heterocycles. The number of rotatable bonds is 4. The quantitative estimate of drug-likeness (QED) is 0.480. The number of carbonyl (C=O) groups is 1. The van der Waals surface area contributed by atoms with Gasteiger partial charge in [0.15, 0.2) is 0 Å². The molecular weight excluding hydrogens is 144 g/mol. The van der Waals surface area contributed by atoms with Gasteiger partial charge >= 0.3 is 5.97 Å². The standard InChI is InChI=1S/C8H12O3/c1-3-4-5-7(9)6-8(10)11-2/h4,7,9H,1,5-6H2,2H3/t7-/m1/s1. The molecule has 0 aromatic rings. The summed E-state index contributed by atoms with van der Waals surface area (Å²) in [5, 5.41) is 9.08. The van der Waals surface area contributed by atoms with Gasteiger partial charge in [-0.3, -0.25) is 4.79 Å². The highest BCUT2D eigenvalue weighted by Crippen LogP contribution is 1.99. The lowest BCUT2D eigenvalue weighted by Crippen LogP contribution is -2.13. The predicted molar refractivity (Wildman–Crippen MR) is 41.0 cm³/mol. The van der Waals surface area contributed by atoms with Crippen molar-refractivity contribution in [2.75, 3.05) is 7.11 Å². The van der Waals surface area contributed by atoms with Crippen molar-refractivity contribution < 1.29 is 14.6 Å². The van der Waals surface area contributed by atoms with E-state index in [2.05, 4.69) is 17.0 Å². The van der Waals surface area contributed by atoms with Crippen LogP contribution in [0.2, 0.25) is 0 Å². The molecule has 0 rings (SSSR count). The van der Waals surface area contributed by atoms with E-state index in [1.165, 1.54) is 7.11 Å². The van der Waals surface area contributed by atoms with Gasteiger partial charge in [-0.25, -0.2) is 0 Å². The zero-order chi connectivity index (χ0) is 8.69. The van der Waals surface area contributed by atoms with Crippen LogP contribution in [-0.4, -0.2) is 24.3 Å². The molecule has 0 unspecified atom stereocenters. The summed E-state index contributed by atoms with van der Waals surface area (Å²) >= 11 is 0. The molecule has 0 amide bonds. The molecule has 3 heteroatoms. The summed E-state index contributed by atoms with van der Waals surface area (Å²) in [5.74, 6) is -0.407. The molecule has 11 heavy (non-hydrogen) atoms. The Labute approximate surface area is 66.0 Å². The largest absolute Gasteiger partial charge is 0.469 e. The third-order valence-electron chi connectivity index (χ3n) is 1.16. The van der Waals surface area contributed by atoms with Crippen molar-refractivity contribution in [3.8, 4) is 0 Å². The van der Waals surface area contributed by atoms with Crippen LogP contribution in [0.25, 0.3) is 0 Å². The van der Waals surface area contributed by atoms with Crippen LogP contribution in [0, 0.1) is 0 Å². The molecule has 62 valence electrons. The third kappa shape index (κ3) is 5.40. The Morgan fingerprint density at radius 2 is 2.55 bits per heavy atom. The SMILES string of the molecule is C=C=CC[C@@H](O)CC(=O)OC. The van der Waals surface area contributed by atoms with Crippen molar-refractivity contribution in [1.82, 2.24) is 0 Å². The summed E-state index contributed by atoms with van der Waals surface area (Å²) in [7, 11) is 1.29. The second-order valence-corrected chi connectivity index (χ2v) is 2.08. The van der Waals surface area contributed by atoms with E-state index < -0.39 is 12.1 Å². The predicted octanol–water partition coefficient (Wildman–Crippen LogP) is 0.642. The van der Waals surface area contributed by atoms with Gasteiger partial charge in [-0.05, 0) is 12.5 Å². The van der Waals surface area contributed by atoms with Crippen molar-refractivity contribution in [2.24, 2.45) is 0 Å². The number of ether oxygens (including phenoxy) is 1. The zero-order valence-electron chi connectivity index (χ0n) is 6.54. The minimum absolute atomic E-state index is 0.0225. The Morgan fingerprint density at radius 3 is 3.00 bits per heavy atom. The first kappa shape index (κ1) is 9.95. The van der Waals surface area contributed by atoms with Crippen molar-refractivity contribution in [2.45, 2.75) is 18.9 Å². The van der Waals surface area contributed by atoms with E-state index in [1.807, 2.05) is 0 Å². The van der Waals surface area contributed by atoms with Gasteiger partial charge in [0.05, 0.1) is 19.6 Å². The van der Waals surface area contributed by atoms with Crippen LogP contribution in [0.3, 0.4) is 0 Å². The van der Waals surface area contributed by atoms with Gasteiger partial charge in [-0.1, -0.05) is 6.58 Å². The number of methoxy groups -OCH3 is 1. The van der Waals surface area contributed by atoms with Gasteiger partial charge in [0.2, 0.25) is 0 Å². The number of carbonyl (C=O) groups excluding carboxylic acids is 1. The number of aliphatic hydroxyl groups excluding tert-OH is 1. The molecule has 1 atom stereocenters. The molecule has 0 saturated carbocycles. The smallest absolute Gasteiger partial charge is 0.308 e. The highest BCUT2D eigenvalue weighted by Gasteiger charge is 2.08. The fraction of sp³-hybridized carbons (Fsp3) is 0.500. The summed E-state index contributed by atoms with van der Waals surface area (Å²) < 4.78 is 4.35. The highest BCUT2D eigenvalue weighted by atomic mass is 16.5. The van der Waals surface area contributed by atoms with E-state index in [0.29, 0.717) is 6.42 Å². The van der Waals surface area contributed by atoms with Gasteiger partial charge in [0, 0.05) is 0 Å². The second kappa shape index (κ2) is 5.71. The lowest BCUT2D eigenvalue weighted by atomic mass is 10.2. The first-order chi connectivity index (χ1) is 5.20. The lowest BCUT2D eigenvalue weighted by Gasteiger charge is -2.04. The van der Waals surface area contributed by atoms with Crippen molar-refractivity contribution in [3.05, 3.63) is 18.4 Å². The van der Waals surface area contributed by atoms with Crippen LogP contribution in [0.5, 0.6) is 0 Å². The van der Waals surface area contributed by atoms with Crippen LogP contribution >= 0.6 is 0 Å². The molecule has 0 aromatic heterocycles. The summed E-state index contributed by atoms with van der Waals surface area (Å²) in [4.78, 5) is 10.6. The Kier molecular flexibility index (Phi) is 5.17. The average Bonchev–Trinajstić information content (AvgIpc) is 2.00. The van der Waals surface area contributed by atoms with Crippen LogP contribution in [0.4, 0.5) is 0 Å². The van der Waals surface area contributed by atoms with Crippen molar-refractivity contribution >= 4 is 5.97 Å². The fourth-order valence-corrected chi connectivity index (χ4v) is 0.578. The molecule has 0 aliphatic carbocycles. The molecule has 0 heterocycles. The average molecular weight is 156 g/mol. The maximum atomic E-state index is 10.6. The number of aliphatic hydroxyl groups is 1. The molecular formula is C8H12O3. The second-order valence-electron chi connectivity index (χ2n) is 2.08. The van der Waals surface area contributed by atoms with E-state index in [1.54, 1.807) is 6.08 Å². The fourth-order valence-electron chi connectivity index (χ4n) is 0.578. The van der Waals surface area contributed by atoms with Gasteiger partial charge in [-0.2, -0.15) is 0 Å². The number of esters is 1. The molecule has 0 bridgehead atoms. The molecule has 0 saturated heterocycles. The maximum Gasteiger partial charge on any atom is 0.308 e. The molecule has 0 radical (unpaired) electrons. The van der Waals surface area contributed by atoms with E-state index in [9.17, 15) is 4.79 Å². The first-order valence-corrected chi connectivity index (χ1v) is 3.30. The van der Waals surface area contributed by atoms with Gasteiger partial charge in [-0.15, -0.1) is 5.73 Å². The van der Waals surface area contributed by atoms with E-state index in [4.69, 9.17) is 5.11 Å². The summed E-state index contributed by atoms with van der Waals surface area (Å²) in [5.41, 5.74) is 2.50. The van der Waals surface area contributed by atoms with Crippen LogP contribution in [-0.2, 0) is 9.53 Å². The van der Waals surface area contributed by atoms with E-state index in [-0.39, 0.29) is 6.42 Å². The zero-order valence-corrected chi connectivity index (χ0v) is 6.54. The Balaban J connectivity index is 3.59. The summed E-state index contributed by atoms with van der Waals surface area (Å²) in [6.07, 6.45) is 1.30. The molecule has 0 spiro atoms. The molecule has 1 N–H and O–H groups in total.